The lowest BCUT2D eigenvalue weighted by molar-refractivity contribution is -0.137. The van der Waals surface area contributed by atoms with Gasteiger partial charge in [-0.15, -0.1) is 0 Å². The molecule has 2 aromatic carbocycles. The zero-order valence-corrected chi connectivity index (χ0v) is 11.8. The number of carboxylic acid groups (broad SMARTS) is 1. The molecule has 0 heterocycles. The topological polar surface area (TPSA) is 109 Å². The van der Waals surface area contributed by atoms with Crippen LogP contribution >= 0.6 is 0 Å². The van der Waals surface area contributed by atoms with Crippen LogP contribution in [0.2, 0.25) is 0 Å². The fourth-order valence-electron chi connectivity index (χ4n) is 2.13. The summed E-state index contributed by atoms with van der Waals surface area (Å²) in [5.74, 6) is -2.26. The summed E-state index contributed by atoms with van der Waals surface area (Å²) in [5, 5.41) is 13.0. The molecule has 0 spiro atoms. The van der Waals surface area contributed by atoms with E-state index in [1.807, 2.05) is 24.3 Å². The molecule has 0 radical (unpaired) electrons. The normalized spacial score (nSPS) is 11.8. The highest BCUT2D eigenvalue weighted by Gasteiger charge is 2.20. The number of carbonyl (C=O) groups is 3. The maximum absolute atomic E-state index is 12.2. The molecule has 0 aromatic heterocycles. The summed E-state index contributed by atoms with van der Waals surface area (Å²) in [5.41, 5.74) is 5.58. The Labute approximate surface area is 126 Å². The molecule has 0 aliphatic heterocycles. The fourth-order valence-corrected chi connectivity index (χ4v) is 2.13. The average Bonchev–Trinajstić information content (AvgIpc) is 2.50. The Morgan fingerprint density at radius 1 is 1.09 bits per heavy atom. The van der Waals surface area contributed by atoms with E-state index in [0.29, 0.717) is 5.56 Å². The van der Waals surface area contributed by atoms with Crippen molar-refractivity contribution >= 4 is 28.6 Å². The highest BCUT2D eigenvalue weighted by Crippen LogP contribution is 2.15. The first kappa shape index (κ1) is 15.5. The zero-order chi connectivity index (χ0) is 16.1. The van der Waals surface area contributed by atoms with Crippen molar-refractivity contribution < 1.29 is 19.5 Å². The second-order valence-electron chi connectivity index (χ2n) is 4.92. The van der Waals surface area contributed by atoms with Crippen molar-refractivity contribution in [3.63, 3.8) is 0 Å². The Morgan fingerprint density at radius 3 is 2.41 bits per heavy atom. The third-order valence-electron chi connectivity index (χ3n) is 3.31. The number of benzene rings is 2. The number of fused-ring (bicyclic) bond motifs is 1. The van der Waals surface area contributed by atoms with Crippen molar-refractivity contribution in [2.45, 2.75) is 18.9 Å². The minimum absolute atomic E-state index is 0.0377. The van der Waals surface area contributed by atoms with Crippen LogP contribution in [-0.4, -0.2) is 28.9 Å². The third-order valence-corrected chi connectivity index (χ3v) is 3.31. The van der Waals surface area contributed by atoms with Crippen molar-refractivity contribution in [2.75, 3.05) is 0 Å². The van der Waals surface area contributed by atoms with Gasteiger partial charge in [0, 0.05) is 12.0 Å². The van der Waals surface area contributed by atoms with Crippen LogP contribution in [0.15, 0.2) is 42.5 Å². The molecule has 6 heteroatoms. The lowest BCUT2D eigenvalue weighted by atomic mass is 10.1. The van der Waals surface area contributed by atoms with Crippen molar-refractivity contribution in [3.05, 3.63) is 48.0 Å². The van der Waals surface area contributed by atoms with E-state index < -0.39 is 23.8 Å². The van der Waals surface area contributed by atoms with E-state index in [1.165, 1.54) is 0 Å². The maximum atomic E-state index is 12.2. The molecular formula is C16H16N2O4. The minimum atomic E-state index is -1.05. The summed E-state index contributed by atoms with van der Waals surface area (Å²) in [7, 11) is 0. The number of rotatable bonds is 6. The number of hydrogen-bond donors (Lipinski definition) is 3. The van der Waals surface area contributed by atoms with E-state index in [-0.39, 0.29) is 12.8 Å². The summed E-state index contributed by atoms with van der Waals surface area (Å²) < 4.78 is 0. The van der Waals surface area contributed by atoms with Gasteiger partial charge in [0.15, 0.2) is 0 Å². The summed E-state index contributed by atoms with van der Waals surface area (Å²) in [4.78, 5) is 34.1. The third kappa shape index (κ3) is 3.82. The van der Waals surface area contributed by atoms with Crippen LogP contribution in [0.1, 0.15) is 23.2 Å². The monoisotopic (exact) mass is 300 g/mol. The number of nitrogens with one attached hydrogen (secondary N) is 1. The predicted molar refractivity (Wildman–Crippen MR) is 81.3 cm³/mol. The molecule has 22 heavy (non-hydrogen) atoms. The number of carboxylic acids is 1. The highest BCUT2D eigenvalue weighted by atomic mass is 16.4. The first-order valence-corrected chi connectivity index (χ1v) is 6.78. The maximum Gasteiger partial charge on any atom is 0.303 e. The van der Waals surface area contributed by atoms with Crippen LogP contribution in [0.3, 0.4) is 0 Å². The second-order valence-corrected chi connectivity index (χ2v) is 4.92. The SMILES string of the molecule is NC(=O)[C@H](CCC(=O)O)NC(=O)c1ccc2ccccc2c1. The van der Waals surface area contributed by atoms with Gasteiger partial charge in [0.2, 0.25) is 5.91 Å². The molecule has 0 fully saturated rings. The van der Waals surface area contributed by atoms with E-state index in [0.717, 1.165) is 10.8 Å². The van der Waals surface area contributed by atoms with Crippen molar-refractivity contribution in [2.24, 2.45) is 5.73 Å². The van der Waals surface area contributed by atoms with E-state index in [4.69, 9.17) is 10.8 Å². The van der Waals surface area contributed by atoms with Crippen LogP contribution in [0.4, 0.5) is 0 Å². The number of hydrogen-bond acceptors (Lipinski definition) is 3. The molecule has 0 unspecified atom stereocenters. The molecule has 6 nitrogen and oxygen atoms in total. The highest BCUT2D eigenvalue weighted by molar-refractivity contribution is 6.00. The Morgan fingerprint density at radius 2 is 1.77 bits per heavy atom. The minimum Gasteiger partial charge on any atom is -0.481 e. The molecule has 0 aliphatic carbocycles. The molecule has 2 rings (SSSR count). The number of aliphatic carboxylic acids is 1. The van der Waals surface area contributed by atoms with Gasteiger partial charge in [-0.05, 0) is 29.3 Å². The van der Waals surface area contributed by atoms with Gasteiger partial charge in [0.1, 0.15) is 6.04 Å². The standard InChI is InChI=1S/C16H16N2O4/c17-15(21)13(7-8-14(19)20)18-16(22)12-6-5-10-3-1-2-4-11(10)9-12/h1-6,9,13H,7-8H2,(H2,17,21)(H,18,22)(H,19,20)/t13-/m0/s1. The number of carbonyl (C=O) groups excluding carboxylic acids is 2. The van der Waals surface area contributed by atoms with Gasteiger partial charge in [0.05, 0.1) is 0 Å². The average molecular weight is 300 g/mol. The Kier molecular flexibility index (Phi) is 4.73. The van der Waals surface area contributed by atoms with Crippen LogP contribution < -0.4 is 11.1 Å². The van der Waals surface area contributed by atoms with Gasteiger partial charge in [-0.3, -0.25) is 14.4 Å². The predicted octanol–water partition coefficient (Wildman–Crippen LogP) is 1.29. The zero-order valence-electron chi connectivity index (χ0n) is 11.8. The second kappa shape index (κ2) is 6.71. The fraction of sp³-hybridized carbons (Fsp3) is 0.188. The van der Waals surface area contributed by atoms with Crippen LogP contribution in [0, 0.1) is 0 Å². The molecule has 4 N–H and O–H groups in total. The molecule has 2 amide bonds. The number of primary amides is 1. The molecule has 0 saturated carbocycles. The van der Waals surface area contributed by atoms with Crippen molar-refractivity contribution in [1.29, 1.82) is 0 Å². The molecule has 2 aromatic rings. The summed E-state index contributed by atoms with van der Waals surface area (Å²) in [6, 6.07) is 11.7. The first-order valence-electron chi connectivity index (χ1n) is 6.78. The largest absolute Gasteiger partial charge is 0.481 e. The van der Waals surface area contributed by atoms with Crippen molar-refractivity contribution in [1.82, 2.24) is 5.32 Å². The number of amides is 2. The van der Waals surface area contributed by atoms with Gasteiger partial charge < -0.3 is 16.2 Å². The van der Waals surface area contributed by atoms with Gasteiger partial charge in [-0.2, -0.15) is 0 Å². The smallest absolute Gasteiger partial charge is 0.303 e. The quantitative estimate of drug-likeness (QED) is 0.746. The molecule has 1 atom stereocenters. The van der Waals surface area contributed by atoms with Gasteiger partial charge >= 0.3 is 5.97 Å². The lowest BCUT2D eigenvalue weighted by Crippen LogP contribution is -2.44. The van der Waals surface area contributed by atoms with Crippen LogP contribution in [-0.2, 0) is 9.59 Å². The molecule has 0 saturated heterocycles. The number of nitrogens with two attached hydrogens (primary N) is 1. The van der Waals surface area contributed by atoms with Gasteiger partial charge in [0.25, 0.3) is 5.91 Å². The van der Waals surface area contributed by atoms with E-state index in [1.54, 1.807) is 18.2 Å². The lowest BCUT2D eigenvalue weighted by Gasteiger charge is -2.14. The Hall–Kier alpha value is -2.89. The van der Waals surface area contributed by atoms with Crippen LogP contribution in [0.25, 0.3) is 10.8 Å². The molecule has 0 aliphatic rings. The summed E-state index contributed by atoms with van der Waals surface area (Å²) >= 11 is 0. The summed E-state index contributed by atoms with van der Waals surface area (Å²) in [6.07, 6.45) is -0.282. The molecule has 114 valence electrons. The Bertz CT molecular complexity index is 727. The molecule has 0 bridgehead atoms. The van der Waals surface area contributed by atoms with Crippen molar-refractivity contribution in [3.8, 4) is 0 Å². The van der Waals surface area contributed by atoms with Crippen LogP contribution in [0.5, 0.6) is 0 Å². The van der Waals surface area contributed by atoms with Gasteiger partial charge in [-0.25, -0.2) is 0 Å². The first-order chi connectivity index (χ1) is 10.5. The van der Waals surface area contributed by atoms with E-state index in [2.05, 4.69) is 5.32 Å². The van der Waals surface area contributed by atoms with E-state index in [9.17, 15) is 14.4 Å². The summed E-state index contributed by atoms with van der Waals surface area (Å²) in [6.45, 7) is 0. The van der Waals surface area contributed by atoms with E-state index >= 15 is 0 Å². The Balaban J connectivity index is 2.14. The van der Waals surface area contributed by atoms with Gasteiger partial charge in [-0.1, -0.05) is 30.3 Å². The molecular weight excluding hydrogens is 284 g/mol.